The molecule has 1 amide bonds. The predicted octanol–water partition coefficient (Wildman–Crippen LogP) is 3.39. The number of hydrogen-bond acceptors (Lipinski definition) is 4. The maximum atomic E-state index is 12.7. The van der Waals surface area contributed by atoms with Gasteiger partial charge in [0.1, 0.15) is 24.0 Å². The molecule has 0 fully saturated rings. The molecule has 174 valence electrons. The SMILES string of the molecule is Cc1cccc(Cn2cccc(C(=O)NCC(O)COc3ccc(C(F)(F)F)cc3)c2=O)c1. The number of aliphatic hydroxyl groups is 1. The van der Waals surface area contributed by atoms with Crippen molar-refractivity contribution in [3.63, 3.8) is 0 Å². The first-order valence-electron chi connectivity index (χ1n) is 10.1. The molecule has 1 atom stereocenters. The number of aryl methyl sites for hydroxylation is 1. The van der Waals surface area contributed by atoms with E-state index in [2.05, 4.69) is 5.32 Å². The molecule has 3 aromatic rings. The number of rotatable bonds is 8. The summed E-state index contributed by atoms with van der Waals surface area (Å²) < 4.78 is 44.4. The fraction of sp³-hybridized carbons (Fsp3) is 0.250. The van der Waals surface area contributed by atoms with E-state index in [1.165, 1.54) is 10.6 Å². The van der Waals surface area contributed by atoms with Crippen LogP contribution in [0, 0.1) is 6.92 Å². The van der Waals surface area contributed by atoms with Crippen LogP contribution in [0.2, 0.25) is 0 Å². The molecule has 1 heterocycles. The van der Waals surface area contributed by atoms with Crippen molar-refractivity contribution < 1.29 is 27.8 Å². The minimum absolute atomic E-state index is 0.0685. The third-order valence-corrected chi connectivity index (χ3v) is 4.82. The summed E-state index contributed by atoms with van der Waals surface area (Å²) in [5.41, 5.74) is 0.638. The molecule has 0 spiro atoms. The van der Waals surface area contributed by atoms with Crippen LogP contribution in [0.15, 0.2) is 71.7 Å². The molecule has 2 aromatic carbocycles. The number of alkyl halides is 3. The topological polar surface area (TPSA) is 80.6 Å². The summed E-state index contributed by atoms with van der Waals surface area (Å²) in [6.45, 7) is 1.80. The summed E-state index contributed by atoms with van der Waals surface area (Å²) >= 11 is 0. The number of ether oxygens (including phenoxy) is 1. The van der Waals surface area contributed by atoms with Crippen molar-refractivity contribution in [2.45, 2.75) is 25.7 Å². The largest absolute Gasteiger partial charge is 0.491 e. The van der Waals surface area contributed by atoms with Gasteiger partial charge in [0.05, 0.1) is 12.1 Å². The Kier molecular flexibility index (Phi) is 7.55. The third kappa shape index (κ3) is 6.69. The van der Waals surface area contributed by atoms with Gasteiger partial charge in [-0.05, 0) is 48.9 Å². The Hall–Kier alpha value is -3.59. The summed E-state index contributed by atoms with van der Waals surface area (Å²) in [7, 11) is 0. The highest BCUT2D eigenvalue weighted by Crippen LogP contribution is 2.30. The van der Waals surface area contributed by atoms with Crippen molar-refractivity contribution in [1.29, 1.82) is 0 Å². The van der Waals surface area contributed by atoms with Crippen LogP contribution in [-0.4, -0.2) is 34.8 Å². The monoisotopic (exact) mass is 460 g/mol. The minimum atomic E-state index is -4.45. The molecule has 0 saturated heterocycles. The Morgan fingerprint density at radius 2 is 1.85 bits per heavy atom. The molecule has 0 radical (unpaired) electrons. The molecule has 0 bridgehead atoms. The molecule has 33 heavy (non-hydrogen) atoms. The van der Waals surface area contributed by atoms with Crippen molar-refractivity contribution in [1.82, 2.24) is 9.88 Å². The highest BCUT2D eigenvalue weighted by atomic mass is 19.4. The van der Waals surface area contributed by atoms with Crippen molar-refractivity contribution in [2.75, 3.05) is 13.2 Å². The average Bonchev–Trinajstić information content (AvgIpc) is 2.77. The molecular formula is C24H23F3N2O4. The van der Waals surface area contributed by atoms with Gasteiger partial charge in [-0.25, -0.2) is 0 Å². The van der Waals surface area contributed by atoms with E-state index < -0.39 is 29.3 Å². The first-order valence-corrected chi connectivity index (χ1v) is 10.1. The fourth-order valence-electron chi connectivity index (χ4n) is 3.14. The summed E-state index contributed by atoms with van der Waals surface area (Å²) in [4.78, 5) is 25.1. The van der Waals surface area contributed by atoms with E-state index in [-0.39, 0.29) is 24.5 Å². The Morgan fingerprint density at radius 1 is 1.12 bits per heavy atom. The number of carbonyl (C=O) groups is 1. The second-order valence-electron chi connectivity index (χ2n) is 7.54. The highest BCUT2D eigenvalue weighted by Gasteiger charge is 2.30. The second-order valence-corrected chi connectivity index (χ2v) is 7.54. The van der Waals surface area contributed by atoms with Gasteiger partial charge in [0.25, 0.3) is 11.5 Å². The van der Waals surface area contributed by atoms with Crippen LogP contribution in [0.5, 0.6) is 5.75 Å². The van der Waals surface area contributed by atoms with Gasteiger partial charge >= 0.3 is 6.18 Å². The van der Waals surface area contributed by atoms with Gasteiger partial charge in [0, 0.05) is 12.7 Å². The van der Waals surface area contributed by atoms with Crippen LogP contribution in [0.4, 0.5) is 13.2 Å². The molecule has 3 rings (SSSR count). The zero-order valence-corrected chi connectivity index (χ0v) is 17.8. The average molecular weight is 460 g/mol. The number of nitrogens with one attached hydrogen (secondary N) is 1. The fourth-order valence-corrected chi connectivity index (χ4v) is 3.14. The molecule has 9 heteroatoms. The maximum absolute atomic E-state index is 12.7. The van der Waals surface area contributed by atoms with Crippen LogP contribution < -0.4 is 15.6 Å². The number of halogens is 3. The van der Waals surface area contributed by atoms with Crippen LogP contribution in [0.25, 0.3) is 0 Å². The molecule has 0 aliphatic heterocycles. The first kappa shape index (κ1) is 24.1. The van der Waals surface area contributed by atoms with Gasteiger partial charge in [-0.1, -0.05) is 29.8 Å². The van der Waals surface area contributed by atoms with Gasteiger partial charge < -0.3 is 19.7 Å². The van der Waals surface area contributed by atoms with Gasteiger partial charge in [0.2, 0.25) is 0 Å². The summed E-state index contributed by atoms with van der Waals surface area (Å²) in [6.07, 6.45) is -3.98. The molecule has 0 aliphatic rings. The summed E-state index contributed by atoms with van der Waals surface area (Å²) in [5.74, 6) is -0.498. The van der Waals surface area contributed by atoms with Crippen LogP contribution in [0.1, 0.15) is 27.0 Å². The number of aliphatic hydroxyl groups excluding tert-OH is 1. The molecule has 1 unspecified atom stereocenters. The number of nitrogens with zero attached hydrogens (tertiary/aromatic N) is 1. The van der Waals surface area contributed by atoms with E-state index >= 15 is 0 Å². The summed E-state index contributed by atoms with van der Waals surface area (Å²) in [6, 6.07) is 14.7. The van der Waals surface area contributed by atoms with Crippen LogP contribution >= 0.6 is 0 Å². The quantitative estimate of drug-likeness (QED) is 0.540. The van der Waals surface area contributed by atoms with Crippen molar-refractivity contribution >= 4 is 5.91 Å². The molecule has 1 aromatic heterocycles. The smallest absolute Gasteiger partial charge is 0.416 e. The molecule has 6 nitrogen and oxygen atoms in total. The van der Waals surface area contributed by atoms with E-state index in [1.54, 1.807) is 12.3 Å². The Morgan fingerprint density at radius 3 is 2.52 bits per heavy atom. The predicted molar refractivity (Wildman–Crippen MR) is 116 cm³/mol. The number of amides is 1. The minimum Gasteiger partial charge on any atom is -0.491 e. The van der Waals surface area contributed by atoms with E-state index in [4.69, 9.17) is 4.74 Å². The Bertz CT molecular complexity index is 1160. The van der Waals surface area contributed by atoms with Crippen molar-refractivity contribution in [3.05, 3.63) is 99.5 Å². The molecule has 2 N–H and O–H groups in total. The van der Waals surface area contributed by atoms with Gasteiger partial charge in [-0.15, -0.1) is 0 Å². The lowest BCUT2D eigenvalue weighted by molar-refractivity contribution is -0.137. The maximum Gasteiger partial charge on any atom is 0.416 e. The van der Waals surface area contributed by atoms with E-state index in [9.17, 15) is 27.9 Å². The standard InChI is InChI=1S/C24H23F3N2O4/c1-16-4-2-5-17(12-16)14-29-11-3-6-21(23(29)32)22(31)28-13-19(30)15-33-20-9-7-18(8-10-20)24(25,26)27/h2-12,19,30H,13-15H2,1H3,(H,28,31). The number of benzene rings is 2. The number of pyridine rings is 1. The normalized spacial score (nSPS) is 12.3. The second kappa shape index (κ2) is 10.4. The Labute approximate surface area is 188 Å². The lowest BCUT2D eigenvalue weighted by Gasteiger charge is -2.14. The van der Waals surface area contributed by atoms with E-state index in [0.29, 0.717) is 6.54 Å². The van der Waals surface area contributed by atoms with Crippen LogP contribution in [-0.2, 0) is 12.7 Å². The lowest BCUT2D eigenvalue weighted by atomic mass is 10.1. The van der Waals surface area contributed by atoms with Crippen molar-refractivity contribution in [2.24, 2.45) is 0 Å². The van der Waals surface area contributed by atoms with E-state index in [0.717, 1.165) is 35.4 Å². The number of aromatic nitrogens is 1. The molecule has 0 aliphatic carbocycles. The van der Waals surface area contributed by atoms with Crippen LogP contribution in [0.3, 0.4) is 0 Å². The third-order valence-electron chi connectivity index (χ3n) is 4.82. The number of hydrogen-bond donors (Lipinski definition) is 2. The van der Waals surface area contributed by atoms with Gasteiger partial charge in [0.15, 0.2) is 0 Å². The van der Waals surface area contributed by atoms with Gasteiger partial charge in [-0.3, -0.25) is 9.59 Å². The van der Waals surface area contributed by atoms with Gasteiger partial charge in [-0.2, -0.15) is 13.2 Å². The zero-order chi connectivity index (χ0) is 24.0. The number of carbonyl (C=O) groups excluding carboxylic acids is 1. The molecular weight excluding hydrogens is 437 g/mol. The molecule has 0 saturated carbocycles. The highest BCUT2D eigenvalue weighted by molar-refractivity contribution is 5.93. The first-order chi connectivity index (χ1) is 15.6. The summed E-state index contributed by atoms with van der Waals surface area (Å²) in [5, 5.41) is 12.5. The van der Waals surface area contributed by atoms with Crippen molar-refractivity contribution in [3.8, 4) is 5.75 Å². The zero-order valence-electron chi connectivity index (χ0n) is 17.8. The van der Waals surface area contributed by atoms with E-state index in [1.807, 2.05) is 31.2 Å². The lowest BCUT2D eigenvalue weighted by Crippen LogP contribution is -2.38. The Balaban J connectivity index is 1.54.